The number of rotatable bonds is 6. The SMILES string of the molecule is CN(Cc1cnc2ccccn12)C(=O)CC1(c2ccc(-c3ccccc3)cc2)CC(=O)N(C)C1=O. The predicted molar refractivity (Wildman–Crippen MR) is 132 cm³/mol. The molecule has 1 aliphatic heterocycles. The number of likely N-dealkylation sites (N-methyl/N-ethyl adjacent to an activating group) is 1. The van der Waals surface area contributed by atoms with E-state index in [-0.39, 0.29) is 30.6 Å². The fraction of sp³-hybridized carbons (Fsp3) is 0.214. The van der Waals surface area contributed by atoms with E-state index in [1.165, 1.54) is 7.05 Å². The van der Waals surface area contributed by atoms with E-state index in [1.54, 1.807) is 18.1 Å². The minimum absolute atomic E-state index is 0.0256. The van der Waals surface area contributed by atoms with Crippen molar-refractivity contribution in [2.24, 2.45) is 0 Å². The summed E-state index contributed by atoms with van der Waals surface area (Å²) in [6.45, 7) is 0.338. The van der Waals surface area contributed by atoms with E-state index in [1.807, 2.05) is 83.4 Å². The smallest absolute Gasteiger partial charge is 0.240 e. The van der Waals surface area contributed by atoms with Crippen LogP contribution in [0.3, 0.4) is 0 Å². The highest BCUT2D eigenvalue weighted by molar-refractivity contribution is 6.10. The van der Waals surface area contributed by atoms with Gasteiger partial charge in [0.2, 0.25) is 17.7 Å². The molecular weight excluding hydrogens is 440 g/mol. The van der Waals surface area contributed by atoms with E-state index in [2.05, 4.69) is 4.98 Å². The molecule has 1 aliphatic rings. The summed E-state index contributed by atoms with van der Waals surface area (Å²) in [4.78, 5) is 46.5. The summed E-state index contributed by atoms with van der Waals surface area (Å²) in [5.41, 5.74) is 3.19. The van der Waals surface area contributed by atoms with Crippen molar-refractivity contribution in [3.8, 4) is 11.1 Å². The number of carbonyl (C=O) groups is 3. The zero-order chi connectivity index (χ0) is 24.6. The molecule has 0 radical (unpaired) electrons. The first-order chi connectivity index (χ1) is 16.9. The van der Waals surface area contributed by atoms with Gasteiger partial charge >= 0.3 is 0 Å². The number of nitrogens with zero attached hydrogens (tertiary/aromatic N) is 4. The fourth-order valence-electron chi connectivity index (χ4n) is 4.79. The largest absolute Gasteiger partial charge is 0.340 e. The van der Waals surface area contributed by atoms with Crippen LogP contribution >= 0.6 is 0 Å². The molecule has 176 valence electrons. The Morgan fingerprint density at radius 1 is 0.971 bits per heavy atom. The van der Waals surface area contributed by atoms with Gasteiger partial charge in [0, 0.05) is 33.1 Å². The summed E-state index contributed by atoms with van der Waals surface area (Å²) in [6.07, 6.45) is 3.54. The van der Waals surface area contributed by atoms with Crippen LogP contribution < -0.4 is 0 Å². The molecule has 5 rings (SSSR count). The second kappa shape index (κ2) is 8.83. The van der Waals surface area contributed by atoms with E-state index in [9.17, 15) is 14.4 Å². The molecule has 4 aromatic rings. The van der Waals surface area contributed by atoms with Crippen LogP contribution in [-0.4, -0.2) is 51.0 Å². The topological polar surface area (TPSA) is 75.0 Å². The van der Waals surface area contributed by atoms with Gasteiger partial charge < -0.3 is 9.30 Å². The Morgan fingerprint density at radius 2 is 1.66 bits per heavy atom. The highest BCUT2D eigenvalue weighted by Gasteiger charge is 2.52. The van der Waals surface area contributed by atoms with Gasteiger partial charge in [0.1, 0.15) is 5.65 Å². The maximum Gasteiger partial charge on any atom is 0.240 e. The summed E-state index contributed by atoms with van der Waals surface area (Å²) < 4.78 is 1.93. The van der Waals surface area contributed by atoms with Crippen LogP contribution in [0.25, 0.3) is 16.8 Å². The van der Waals surface area contributed by atoms with Gasteiger partial charge in [-0.3, -0.25) is 19.3 Å². The molecule has 3 amide bonds. The number of aromatic nitrogens is 2. The van der Waals surface area contributed by atoms with Crippen LogP contribution in [0.2, 0.25) is 0 Å². The van der Waals surface area contributed by atoms with Crippen LogP contribution in [0.15, 0.2) is 85.2 Å². The van der Waals surface area contributed by atoms with Crippen LogP contribution in [0.5, 0.6) is 0 Å². The Morgan fingerprint density at radius 3 is 2.34 bits per heavy atom. The van der Waals surface area contributed by atoms with Crippen molar-refractivity contribution >= 4 is 23.4 Å². The van der Waals surface area contributed by atoms with Crippen molar-refractivity contribution in [2.75, 3.05) is 14.1 Å². The second-order valence-corrected chi connectivity index (χ2v) is 9.07. The molecule has 1 unspecified atom stereocenters. The molecule has 0 bridgehead atoms. The van der Waals surface area contributed by atoms with Crippen LogP contribution in [-0.2, 0) is 26.3 Å². The lowest BCUT2D eigenvalue weighted by Gasteiger charge is -2.29. The summed E-state index contributed by atoms with van der Waals surface area (Å²) in [7, 11) is 3.19. The Labute approximate surface area is 203 Å². The molecule has 1 atom stereocenters. The molecule has 2 aromatic carbocycles. The fourth-order valence-corrected chi connectivity index (χ4v) is 4.79. The average molecular weight is 467 g/mol. The molecular formula is C28H26N4O3. The molecule has 1 saturated heterocycles. The number of amides is 3. The Kier molecular flexibility index (Phi) is 5.68. The number of likely N-dealkylation sites (tertiary alicyclic amines) is 1. The molecule has 0 spiro atoms. The van der Waals surface area contributed by atoms with Crippen molar-refractivity contribution in [3.05, 3.63) is 96.4 Å². The van der Waals surface area contributed by atoms with Gasteiger partial charge in [-0.15, -0.1) is 0 Å². The number of imidazole rings is 1. The highest BCUT2D eigenvalue weighted by Crippen LogP contribution is 2.40. The minimum atomic E-state index is -1.22. The van der Waals surface area contributed by atoms with E-state index < -0.39 is 5.41 Å². The second-order valence-electron chi connectivity index (χ2n) is 9.07. The zero-order valence-corrected chi connectivity index (χ0v) is 19.7. The molecule has 0 N–H and O–H groups in total. The first-order valence-electron chi connectivity index (χ1n) is 11.5. The number of carbonyl (C=O) groups excluding carboxylic acids is 3. The first-order valence-corrected chi connectivity index (χ1v) is 11.5. The van der Waals surface area contributed by atoms with Crippen molar-refractivity contribution < 1.29 is 14.4 Å². The van der Waals surface area contributed by atoms with Gasteiger partial charge in [-0.05, 0) is 28.8 Å². The maximum absolute atomic E-state index is 13.4. The molecule has 0 aliphatic carbocycles. The number of hydrogen-bond donors (Lipinski definition) is 0. The van der Waals surface area contributed by atoms with E-state index >= 15 is 0 Å². The van der Waals surface area contributed by atoms with Crippen LogP contribution in [0.4, 0.5) is 0 Å². The number of benzene rings is 2. The number of fused-ring (bicyclic) bond motifs is 1. The number of imide groups is 1. The zero-order valence-electron chi connectivity index (χ0n) is 19.7. The average Bonchev–Trinajstić information content (AvgIpc) is 3.39. The maximum atomic E-state index is 13.4. The van der Waals surface area contributed by atoms with Crippen molar-refractivity contribution in [1.82, 2.24) is 19.2 Å². The highest BCUT2D eigenvalue weighted by atomic mass is 16.2. The molecule has 35 heavy (non-hydrogen) atoms. The third-order valence-corrected chi connectivity index (χ3v) is 6.86. The van der Waals surface area contributed by atoms with Gasteiger partial charge in [0.25, 0.3) is 0 Å². The van der Waals surface area contributed by atoms with Crippen molar-refractivity contribution in [2.45, 2.75) is 24.8 Å². The van der Waals surface area contributed by atoms with Gasteiger partial charge in [-0.1, -0.05) is 60.7 Å². The molecule has 0 saturated carbocycles. The van der Waals surface area contributed by atoms with E-state index in [4.69, 9.17) is 0 Å². The van der Waals surface area contributed by atoms with Crippen molar-refractivity contribution in [3.63, 3.8) is 0 Å². The Bertz CT molecular complexity index is 1410. The lowest BCUT2D eigenvalue weighted by molar-refractivity contribution is -0.141. The lowest BCUT2D eigenvalue weighted by atomic mass is 9.75. The third kappa shape index (κ3) is 3.99. The summed E-state index contributed by atoms with van der Waals surface area (Å²) in [6, 6.07) is 23.3. The Balaban J connectivity index is 1.43. The molecule has 2 aromatic heterocycles. The van der Waals surface area contributed by atoms with Gasteiger partial charge in [0.15, 0.2) is 0 Å². The van der Waals surface area contributed by atoms with E-state index in [0.29, 0.717) is 12.1 Å². The number of pyridine rings is 1. The lowest BCUT2D eigenvalue weighted by Crippen LogP contribution is -2.41. The van der Waals surface area contributed by atoms with Crippen LogP contribution in [0, 0.1) is 0 Å². The molecule has 1 fully saturated rings. The minimum Gasteiger partial charge on any atom is -0.340 e. The first kappa shape index (κ1) is 22.5. The normalized spacial score (nSPS) is 17.8. The van der Waals surface area contributed by atoms with Gasteiger partial charge in [-0.25, -0.2) is 4.98 Å². The van der Waals surface area contributed by atoms with E-state index in [0.717, 1.165) is 27.4 Å². The van der Waals surface area contributed by atoms with Crippen LogP contribution in [0.1, 0.15) is 24.1 Å². The van der Waals surface area contributed by atoms with Gasteiger partial charge in [0.05, 0.1) is 23.9 Å². The third-order valence-electron chi connectivity index (χ3n) is 6.86. The standard InChI is InChI=1S/C28H26N4O3/c1-30(19-23-18-29-24-10-6-7-15-32(23)24)25(33)16-28(17-26(34)31(2)27(28)35)22-13-11-21(12-14-22)20-8-4-3-5-9-20/h3-15,18H,16-17,19H2,1-2H3. The molecule has 7 heteroatoms. The summed E-state index contributed by atoms with van der Waals surface area (Å²) in [5.74, 6) is -0.828. The monoisotopic (exact) mass is 466 g/mol. The summed E-state index contributed by atoms with van der Waals surface area (Å²) >= 11 is 0. The summed E-state index contributed by atoms with van der Waals surface area (Å²) in [5, 5.41) is 0. The van der Waals surface area contributed by atoms with Gasteiger partial charge in [-0.2, -0.15) is 0 Å². The molecule has 7 nitrogen and oxygen atoms in total. The van der Waals surface area contributed by atoms with Crippen molar-refractivity contribution in [1.29, 1.82) is 0 Å². The molecule has 3 heterocycles. The quantitative estimate of drug-likeness (QED) is 0.407. The predicted octanol–water partition coefficient (Wildman–Crippen LogP) is 3.68. The Hall–Kier alpha value is -4.26. The number of hydrogen-bond acceptors (Lipinski definition) is 4.